The number of para-hydroxylation sites is 1. The van der Waals surface area contributed by atoms with E-state index in [-0.39, 0.29) is 0 Å². The largest absolute Gasteiger partial charge is 0.389 e. The second-order valence-electron chi connectivity index (χ2n) is 4.84. The van der Waals surface area contributed by atoms with E-state index in [4.69, 9.17) is 0 Å². The molecule has 4 nitrogen and oxygen atoms in total. The number of rotatable bonds is 1. The summed E-state index contributed by atoms with van der Waals surface area (Å²) in [6, 6.07) is 9.95. The highest BCUT2D eigenvalue weighted by molar-refractivity contribution is 5.92. The lowest BCUT2D eigenvalue weighted by atomic mass is 10.1. The fourth-order valence-corrected chi connectivity index (χ4v) is 2.51. The number of anilines is 1. The van der Waals surface area contributed by atoms with Crippen LogP contribution in [0.25, 0.3) is 10.9 Å². The molecule has 0 radical (unpaired) electrons. The van der Waals surface area contributed by atoms with Crippen molar-refractivity contribution in [2.75, 3.05) is 18.0 Å². The first-order valence-electron chi connectivity index (χ1n) is 6.12. The molecule has 2 atom stereocenters. The van der Waals surface area contributed by atoms with Gasteiger partial charge in [-0.25, -0.2) is 0 Å². The van der Waals surface area contributed by atoms with Crippen LogP contribution in [0.3, 0.4) is 0 Å². The number of nitrogens with zero attached hydrogens (tertiary/aromatic N) is 2. The minimum atomic E-state index is -0.669. The predicted molar refractivity (Wildman–Crippen MR) is 70.7 cm³/mol. The molecule has 4 heteroatoms. The number of aromatic nitrogens is 1. The summed E-state index contributed by atoms with van der Waals surface area (Å²) in [6.07, 6.45) is -1.34. The van der Waals surface area contributed by atoms with E-state index in [0.29, 0.717) is 13.1 Å². The van der Waals surface area contributed by atoms with Gasteiger partial charge >= 0.3 is 0 Å². The molecule has 2 heterocycles. The fourth-order valence-electron chi connectivity index (χ4n) is 2.51. The summed E-state index contributed by atoms with van der Waals surface area (Å²) in [6.45, 7) is 2.89. The molecule has 1 aliphatic heterocycles. The quantitative estimate of drug-likeness (QED) is 0.788. The molecular weight excluding hydrogens is 228 g/mol. The van der Waals surface area contributed by atoms with Crippen LogP contribution in [-0.4, -0.2) is 40.5 Å². The van der Waals surface area contributed by atoms with Crippen LogP contribution in [-0.2, 0) is 0 Å². The number of aryl methyl sites for hydroxylation is 1. The number of benzene rings is 1. The van der Waals surface area contributed by atoms with Crippen LogP contribution in [0.2, 0.25) is 0 Å². The Balaban J connectivity index is 2.11. The van der Waals surface area contributed by atoms with E-state index in [1.165, 1.54) is 0 Å². The first-order valence-corrected chi connectivity index (χ1v) is 6.12. The molecule has 0 amide bonds. The lowest BCUT2D eigenvalue weighted by Crippen LogP contribution is -2.22. The van der Waals surface area contributed by atoms with Crippen LogP contribution in [0, 0.1) is 6.92 Å². The van der Waals surface area contributed by atoms with Crippen LogP contribution in [0.15, 0.2) is 30.3 Å². The molecule has 1 aliphatic rings. The van der Waals surface area contributed by atoms with Gasteiger partial charge in [0.05, 0.1) is 17.7 Å². The van der Waals surface area contributed by atoms with Crippen molar-refractivity contribution in [2.45, 2.75) is 19.1 Å². The predicted octanol–water partition coefficient (Wildman–Crippen LogP) is 1.09. The number of hydrogen-bond acceptors (Lipinski definition) is 4. The number of pyridine rings is 1. The van der Waals surface area contributed by atoms with Gasteiger partial charge in [-0.1, -0.05) is 18.2 Å². The van der Waals surface area contributed by atoms with Gasteiger partial charge in [-0.15, -0.1) is 0 Å². The van der Waals surface area contributed by atoms with Gasteiger partial charge < -0.3 is 15.1 Å². The average molecular weight is 244 g/mol. The topological polar surface area (TPSA) is 56.6 Å². The third-order valence-corrected chi connectivity index (χ3v) is 3.42. The van der Waals surface area contributed by atoms with Crippen molar-refractivity contribution in [3.8, 4) is 0 Å². The molecular formula is C14H16N2O2. The zero-order valence-electron chi connectivity index (χ0n) is 10.2. The third-order valence-electron chi connectivity index (χ3n) is 3.42. The lowest BCUT2D eigenvalue weighted by molar-refractivity contribution is 0.0572. The van der Waals surface area contributed by atoms with Crippen molar-refractivity contribution in [1.82, 2.24) is 4.98 Å². The molecule has 94 valence electrons. The van der Waals surface area contributed by atoms with Gasteiger partial charge in [-0.05, 0) is 19.1 Å². The van der Waals surface area contributed by atoms with Crippen molar-refractivity contribution in [3.05, 3.63) is 36.0 Å². The Labute approximate surface area is 105 Å². The standard InChI is InChI=1S/C14H16N2O2/c1-9-6-12(16-7-13(17)14(18)8-16)10-4-2-3-5-11(10)15-9/h2-6,13-14,17-18H,7-8H2,1H3. The van der Waals surface area contributed by atoms with Crippen LogP contribution < -0.4 is 4.90 Å². The number of hydrogen-bond donors (Lipinski definition) is 2. The SMILES string of the molecule is Cc1cc(N2CC(O)C(O)C2)c2ccccc2n1. The summed E-state index contributed by atoms with van der Waals surface area (Å²) < 4.78 is 0. The second-order valence-corrected chi connectivity index (χ2v) is 4.84. The van der Waals surface area contributed by atoms with Crippen molar-refractivity contribution in [1.29, 1.82) is 0 Å². The monoisotopic (exact) mass is 244 g/mol. The summed E-state index contributed by atoms with van der Waals surface area (Å²) in [4.78, 5) is 6.51. The van der Waals surface area contributed by atoms with Crippen LogP contribution in [0.4, 0.5) is 5.69 Å². The van der Waals surface area contributed by atoms with E-state index in [1.807, 2.05) is 42.2 Å². The summed E-state index contributed by atoms with van der Waals surface area (Å²) in [5, 5.41) is 20.4. The minimum absolute atomic E-state index is 0.467. The molecule has 18 heavy (non-hydrogen) atoms. The van der Waals surface area contributed by atoms with Gasteiger partial charge in [-0.3, -0.25) is 4.98 Å². The summed E-state index contributed by atoms with van der Waals surface area (Å²) in [5.41, 5.74) is 2.93. The second kappa shape index (κ2) is 4.23. The van der Waals surface area contributed by atoms with Gasteiger partial charge in [0.2, 0.25) is 0 Å². The molecule has 1 fully saturated rings. The number of aliphatic hydroxyl groups excluding tert-OH is 2. The molecule has 1 aromatic heterocycles. The van der Waals surface area contributed by atoms with E-state index in [0.717, 1.165) is 22.3 Å². The molecule has 1 aromatic carbocycles. The lowest BCUT2D eigenvalue weighted by Gasteiger charge is -2.20. The molecule has 2 N–H and O–H groups in total. The summed E-state index contributed by atoms with van der Waals surface area (Å²) in [5.74, 6) is 0. The van der Waals surface area contributed by atoms with Gasteiger partial charge in [0.1, 0.15) is 0 Å². The van der Waals surface area contributed by atoms with Gasteiger partial charge in [0.15, 0.2) is 0 Å². The Morgan fingerprint density at radius 2 is 1.83 bits per heavy atom. The van der Waals surface area contributed by atoms with E-state index in [1.54, 1.807) is 0 Å². The zero-order chi connectivity index (χ0) is 12.7. The maximum Gasteiger partial charge on any atom is 0.0990 e. The average Bonchev–Trinajstić information content (AvgIpc) is 2.68. The Kier molecular flexibility index (Phi) is 2.69. The molecule has 0 spiro atoms. The molecule has 0 bridgehead atoms. The van der Waals surface area contributed by atoms with Crippen molar-refractivity contribution >= 4 is 16.6 Å². The van der Waals surface area contributed by atoms with E-state index < -0.39 is 12.2 Å². The summed E-state index contributed by atoms with van der Waals surface area (Å²) >= 11 is 0. The third kappa shape index (κ3) is 1.83. The number of β-amino-alcohol motifs (C(OH)–C–C–N with tert-alkyl or cyclic N) is 2. The van der Waals surface area contributed by atoms with Crippen LogP contribution in [0.5, 0.6) is 0 Å². The van der Waals surface area contributed by atoms with Crippen LogP contribution in [0.1, 0.15) is 5.69 Å². The first-order chi connectivity index (χ1) is 8.65. The Morgan fingerprint density at radius 1 is 1.17 bits per heavy atom. The van der Waals surface area contributed by atoms with Crippen molar-refractivity contribution in [3.63, 3.8) is 0 Å². The van der Waals surface area contributed by atoms with E-state index in [2.05, 4.69) is 4.98 Å². The van der Waals surface area contributed by atoms with Gasteiger partial charge in [-0.2, -0.15) is 0 Å². The first kappa shape index (κ1) is 11.4. The molecule has 2 unspecified atom stereocenters. The highest BCUT2D eigenvalue weighted by atomic mass is 16.3. The minimum Gasteiger partial charge on any atom is -0.389 e. The van der Waals surface area contributed by atoms with Gasteiger partial charge in [0.25, 0.3) is 0 Å². The van der Waals surface area contributed by atoms with Crippen molar-refractivity contribution < 1.29 is 10.2 Å². The molecule has 1 saturated heterocycles. The highest BCUT2D eigenvalue weighted by Crippen LogP contribution is 2.29. The van der Waals surface area contributed by atoms with E-state index >= 15 is 0 Å². The Morgan fingerprint density at radius 3 is 2.56 bits per heavy atom. The summed E-state index contributed by atoms with van der Waals surface area (Å²) in [7, 11) is 0. The maximum absolute atomic E-state index is 9.66. The van der Waals surface area contributed by atoms with E-state index in [9.17, 15) is 10.2 Å². The zero-order valence-corrected chi connectivity index (χ0v) is 10.2. The fraction of sp³-hybridized carbons (Fsp3) is 0.357. The maximum atomic E-state index is 9.66. The molecule has 2 aromatic rings. The smallest absolute Gasteiger partial charge is 0.0990 e. The molecule has 0 aliphatic carbocycles. The van der Waals surface area contributed by atoms with Crippen LogP contribution >= 0.6 is 0 Å². The normalized spacial score (nSPS) is 23.8. The Bertz CT molecular complexity index is 575. The molecule has 3 rings (SSSR count). The molecule has 0 saturated carbocycles. The van der Waals surface area contributed by atoms with Gasteiger partial charge in [0, 0.05) is 29.9 Å². The van der Waals surface area contributed by atoms with Crippen molar-refractivity contribution in [2.24, 2.45) is 0 Å². The number of aliphatic hydroxyl groups is 2. The number of fused-ring (bicyclic) bond motifs is 1. The Hall–Kier alpha value is -1.65. The highest BCUT2D eigenvalue weighted by Gasteiger charge is 2.30.